The minimum atomic E-state index is -3.15. The number of ether oxygens (including phenoxy) is 1. The third-order valence-electron chi connectivity index (χ3n) is 2.28. The van der Waals surface area contributed by atoms with E-state index in [-0.39, 0.29) is 34.4 Å². The van der Waals surface area contributed by atoms with Crippen LogP contribution in [0.5, 0.6) is 5.75 Å². The molecular formula is C11H13ClO5S. The van der Waals surface area contributed by atoms with Crippen LogP contribution in [0, 0.1) is 0 Å². The van der Waals surface area contributed by atoms with Crippen LogP contribution in [-0.4, -0.2) is 37.6 Å². The second-order valence-corrected chi connectivity index (χ2v) is 6.39. The number of para-hydroxylation sites is 1. The van der Waals surface area contributed by atoms with E-state index in [2.05, 4.69) is 0 Å². The number of halogens is 1. The van der Waals surface area contributed by atoms with Gasteiger partial charge in [-0.25, -0.2) is 13.2 Å². The van der Waals surface area contributed by atoms with E-state index in [1.54, 1.807) is 0 Å². The van der Waals surface area contributed by atoms with E-state index in [4.69, 9.17) is 21.4 Å². The minimum absolute atomic E-state index is 0.00188. The highest BCUT2D eigenvalue weighted by molar-refractivity contribution is 7.91. The zero-order valence-electron chi connectivity index (χ0n) is 9.72. The summed E-state index contributed by atoms with van der Waals surface area (Å²) in [5.74, 6) is -1.33. The summed E-state index contributed by atoms with van der Waals surface area (Å²) in [6.45, 7) is 1.41. The first kappa shape index (κ1) is 14.8. The second-order valence-electron chi connectivity index (χ2n) is 3.51. The van der Waals surface area contributed by atoms with Crippen molar-refractivity contribution in [1.82, 2.24) is 0 Å². The Bertz CT molecular complexity index is 538. The van der Waals surface area contributed by atoms with Crippen molar-refractivity contribution in [2.45, 2.75) is 6.92 Å². The van der Waals surface area contributed by atoms with Crippen LogP contribution in [0.3, 0.4) is 0 Å². The maximum atomic E-state index is 11.3. The van der Waals surface area contributed by atoms with E-state index >= 15 is 0 Å². The standard InChI is InChI=1S/C11H13ClO5S/c1-2-18(15,16)7-6-17-10-8(11(13)14)4-3-5-9(10)12/h3-5H,2,6-7H2,1H3,(H,13,14). The number of benzene rings is 1. The minimum Gasteiger partial charge on any atom is -0.490 e. The van der Waals surface area contributed by atoms with Gasteiger partial charge in [0.05, 0.1) is 10.8 Å². The third-order valence-corrected chi connectivity index (χ3v) is 4.24. The van der Waals surface area contributed by atoms with Gasteiger partial charge in [0.15, 0.2) is 15.6 Å². The molecule has 0 aliphatic rings. The summed E-state index contributed by atoms with van der Waals surface area (Å²) in [7, 11) is -3.15. The number of hydrogen-bond acceptors (Lipinski definition) is 4. The van der Waals surface area contributed by atoms with Crippen LogP contribution in [0.2, 0.25) is 5.02 Å². The molecular weight excluding hydrogens is 280 g/mol. The smallest absolute Gasteiger partial charge is 0.339 e. The number of sulfone groups is 1. The van der Waals surface area contributed by atoms with Crippen molar-refractivity contribution in [2.75, 3.05) is 18.1 Å². The fourth-order valence-electron chi connectivity index (χ4n) is 1.24. The van der Waals surface area contributed by atoms with E-state index < -0.39 is 15.8 Å². The Morgan fingerprint density at radius 3 is 2.67 bits per heavy atom. The SMILES string of the molecule is CCS(=O)(=O)CCOc1c(Cl)cccc1C(=O)O. The topological polar surface area (TPSA) is 80.7 Å². The molecule has 1 aromatic carbocycles. The fraction of sp³-hybridized carbons (Fsp3) is 0.364. The van der Waals surface area contributed by atoms with Gasteiger partial charge in [-0.1, -0.05) is 24.6 Å². The first-order valence-electron chi connectivity index (χ1n) is 5.22. The summed E-state index contributed by atoms with van der Waals surface area (Å²) in [6, 6.07) is 4.32. The van der Waals surface area contributed by atoms with Gasteiger partial charge in [0.2, 0.25) is 0 Å². The van der Waals surface area contributed by atoms with Crippen molar-refractivity contribution in [2.24, 2.45) is 0 Å². The monoisotopic (exact) mass is 292 g/mol. The van der Waals surface area contributed by atoms with Gasteiger partial charge in [0.1, 0.15) is 12.2 Å². The Balaban J connectivity index is 2.82. The molecule has 100 valence electrons. The maximum absolute atomic E-state index is 11.3. The second kappa shape index (κ2) is 6.06. The lowest BCUT2D eigenvalue weighted by atomic mass is 10.2. The highest BCUT2D eigenvalue weighted by Crippen LogP contribution is 2.28. The van der Waals surface area contributed by atoms with Crippen molar-refractivity contribution in [1.29, 1.82) is 0 Å². The lowest BCUT2D eigenvalue weighted by Crippen LogP contribution is -2.16. The number of carboxylic acids is 1. The van der Waals surface area contributed by atoms with Crippen LogP contribution < -0.4 is 4.74 Å². The average molecular weight is 293 g/mol. The van der Waals surface area contributed by atoms with E-state index in [1.165, 1.54) is 25.1 Å². The molecule has 0 bridgehead atoms. The van der Waals surface area contributed by atoms with Crippen LogP contribution in [0.4, 0.5) is 0 Å². The lowest BCUT2D eigenvalue weighted by Gasteiger charge is -2.10. The molecule has 1 N–H and O–H groups in total. The molecule has 0 saturated carbocycles. The van der Waals surface area contributed by atoms with E-state index in [0.717, 1.165) is 0 Å². The molecule has 0 fully saturated rings. The van der Waals surface area contributed by atoms with Gasteiger partial charge < -0.3 is 9.84 Å². The summed E-state index contributed by atoms with van der Waals surface area (Å²) in [4.78, 5) is 10.9. The number of aromatic carboxylic acids is 1. The normalized spacial score (nSPS) is 11.2. The van der Waals surface area contributed by atoms with Gasteiger partial charge in [0, 0.05) is 5.75 Å². The van der Waals surface area contributed by atoms with Gasteiger partial charge in [-0.2, -0.15) is 0 Å². The molecule has 0 aliphatic heterocycles. The van der Waals surface area contributed by atoms with Crippen molar-refractivity contribution in [3.05, 3.63) is 28.8 Å². The molecule has 0 spiro atoms. The lowest BCUT2D eigenvalue weighted by molar-refractivity contribution is 0.0692. The summed E-state index contributed by atoms with van der Waals surface area (Å²) < 4.78 is 27.7. The summed E-state index contributed by atoms with van der Waals surface area (Å²) in [5.41, 5.74) is -0.0867. The molecule has 0 amide bonds. The van der Waals surface area contributed by atoms with Crippen LogP contribution in [0.1, 0.15) is 17.3 Å². The van der Waals surface area contributed by atoms with Crippen LogP contribution >= 0.6 is 11.6 Å². The van der Waals surface area contributed by atoms with Crippen molar-refractivity contribution in [3.63, 3.8) is 0 Å². The van der Waals surface area contributed by atoms with Crippen molar-refractivity contribution < 1.29 is 23.1 Å². The molecule has 0 aliphatic carbocycles. The highest BCUT2D eigenvalue weighted by atomic mass is 35.5. The highest BCUT2D eigenvalue weighted by Gasteiger charge is 2.15. The van der Waals surface area contributed by atoms with Gasteiger partial charge in [-0.3, -0.25) is 0 Å². The molecule has 0 radical (unpaired) electrons. The first-order valence-corrected chi connectivity index (χ1v) is 7.42. The van der Waals surface area contributed by atoms with Crippen molar-refractivity contribution >= 4 is 27.4 Å². The Kier molecular flexibility index (Phi) is 4.98. The van der Waals surface area contributed by atoms with E-state index in [0.29, 0.717) is 0 Å². The van der Waals surface area contributed by atoms with Gasteiger partial charge in [0.25, 0.3) is 0 Å². The maximum Gasteiger partial charge on any atom is 0.339 e. The molecule has 0 aromatic heterocycles. The number of carboxylic acid groups (broad SMARTS) is 1. The van der Waals surface area contributed by atoms with Gasteiger partial charge in [-0.15, -0.1) is 0 Å². The predicted octanol–water partition coefficient (Wildman–Crippen LogP) is 1.85. The van der Waals surface area contributed by atoms with Crippen LogP contribution in [-0.2, 0) is 9.84 Å². The van der Waals surface area contributed by atoms with Gasteiger partial charge in [-0.05, 0) is 12.1 Å². The number of rotatable bonds is 6. The number of hydrogen-bond donors (Lipinski definition) is 1. The van der Waals surface area contributed by atoms with Crippen molar-refractivity contribution in [3.8, 4) is 5.75 Å². The molecule has 0 atom stereocenters. The molecule has 1 rings (SSSR count). The molecule has 0 unspecified atom stereocenters. The molecule has 0 heterocycles. The third kappa shape index (κ3) is 3.89. The van der Waals surface area contributed by atoms with Gasteiger partial charge >= 0.3 is 5.97 Å². The Morgan fingerprint density at radius 1 is 1.44 bits per heavy atom. The average Bonchev–Trinajstić information content (AvgIpc) is 2.30. The van der Waals surface area contributed by atoms with E-state index in [1.807, 2.05) is 0 Å². The van der Waals surface area contributed by atoms with E-state index in [9.17, 15) is 13.2 Å². The summed E-state index contributed by atoms with van der Waals surface area (Å²) in [6.07, 6.45) is 0. The Hall–Kier alpha value is -1.27. The zero-order chi connectivity index (χ0) is 13.8. The predicted molar refractivity (Wildman–Crippen MR) is 68.2 cm³/mol. The Labute approximate surface area is 110 Å². The summed E-state index contributed by atoms with van der Waals surface area (Å²) in [5, 5.41) is 9.08. The van der Waals surface area contributed by atoms with Crippen LogP contribution in [0.25, 0.3) is 0 Å². The molecule has 5 nitrogen and oxygen atoms in total. The molecule has 7 heteroatoms. The molecule has 1 aromatic rings. The summed E-state index contributed by atoms with van der Waals surface area (Å²) >= 11 is 5.82. The van der Waals surface area contributed by atoms with Crippen LogP contribution in [0.15, 0.2) is 18.2 Å². The molecule has 0 saturated heterocycles. The first-order chi connectivity index (χ1) is 8.37. The largest absolute Gasteiger partial charge is 0.490 e. The number of carbonyl (C=O) groups is 1. The quantitative estimate of drug-likeness (QED) is 0.865. The molecule has 18 heavy (non-hydrogen) atoms. The Morgan fingerprint density at radius 2 is 2.11 bits per heavy atom. The zero-order valence-corrected chi connectivity index (χ0v) is 11.3. The fourth-order valence-corrected chi connectivity index (χ4v) is 2.09.